The number of nitrogens with zero attached hydrogens (tertiary/aromatic N) is 5. The summed E-state index contributed by atoms with van der Waals surface area (Å²) in [6.45, 7) is 4.77. The summed E-state index contributed by atoms with van der Waals surface area (Å²) in [5.41, 5.74) is 0.990. The summed E-state index contributed by atoms with van der Waals surface area (Å²) in [5.74, 6) is 2.44. The zero-order valence-electron chi connectivity index (χ0n) is 15.5. The highest BCUT2D eigenvalue weighted by Crippen LogP contribution is 2.14. The first-order chi connectivity index (χ1) is 12.8. The largest absolute Gasteiger partial charge is 0.368 e. The predicted molar refractivity (Wildman–Crippen MR) is 119 cm³/mol. The van der Waals surface area contributed by atoms with Crippen LogP contribution < -0.4 is 16.0 Å². The monoisotopic (exact) mass is 480 g/mol. The molecule has 0 bridgehead atoms. The van der Waals surface area contributed by atoms with E-state index in [1.807, 2.05) is 38.2 Å². The number of aliphatic imine (C=N–C) groups is 1. The molecule has 0 unspecified atom stereocenters. The summed E-state index contributed by atoms with van der Waals surface area (Å²) in [5, 5.41) is 15.0. The standard InChI is InChI=1S/C18H24N8.HI/c1-3-19-18(22-12-17-23-13-24-26(17)2)21-11-10-20-16-9-8-14-6-4-5-7-15(14)25-16;/h4-9,13H,3,10-12H2,1-2H3,(H,20,25)(H2,19,21,22);1H. The average Bonchev–Trinajstić information content (AvgIpc) is 3.08. The number of guanidine groups is 1. The van der Waals surface area contributed by atoms with E-state index in [0.717, 1.165) is 48.1 Å². The second-order valence-corrected chi connectivity index (χ2v) is 5.74. The molecule has 27 heavy (non-hydrogen) atoms. The Hall–Kier alpha value is -2.43. The van der Waals surface area contributed by atoms with Gasteiger partial charge in [0, 0.05) is 32.1 Å². The molecule has 0 aliphatic heterocycles. The van der Waals surface area contributed by atoms with Crippen molar-refractivity contribution in [2.24, 2.45) is 12.0 Å². The van der Waals surface area contributed by atoms with E-state index in [4.69, 9.17) is 0 Å². The summed E-state index contributed by atoms with van der Waals surface area (Å²) in [4.78, 5) is 13.3. The molecule has 2 heterocycles. The minimum absolute atomic E-state index is 0. The van der Waals surface area contributed by atoms with Crippen LogP contribution >= 0.6 is 24.0 Å². The van der Waals surface area contributed by atoms with E-state index in [1.165, 1.54) is 6.33 Å². The third-order valence-electron chi connectivity index (χ3n) is 3.85. The van der Waals surface area contributed by atoms with Crippen molar-refractivity contribution in [3.63, 3.8) is 0 Å². The Kier molecular flexibility index (Phi) is 8.24. The van der Waals surface area contributed by atoms with Gasteiger partial charge in [-0.1, -0.05) is 18.2 Å². The first kappa shape index (κ1) is 20.9. The molecule has 2 aromatic heterocycles. The van der Waals surface area contributed by atoms with Crippen molar-refractivity contribution in [2.75, 3.05) is 25.0 Å². The number of hydrogen-bond donors (Lipinski definition) is 3. The van der Waals surface area contributed by atoms with Gasteiger partial charge < -0.3 is 16.0 Å². The van der Waals surface area contributed by atoms with Gasteiger partial charge in [-0.05, 0) is 25.1 Å². The van der Waals surface area contributed by atoms with Gasteiger partial charge in [0.1, 0.15) is 24.5 Å². The van der Waals surface area contributed by atoms with E-state index in [9.17, 15) is 0 Å². The topological polar surface area (TPSA) is 92.0 Å². The minimum Gasteiger partial charge on any atom is -0.368 e. The predicted octanol–water partition coefficient (Wildman–Crippen LogP) is 2.15. The third kappa shape index (κ3) is 6.05. The fourth-order valence-electron chi connectivity index (χ4n) is 2.49. The number of fused-ring (bicyclic) bond motifs is 1. The van der Waals surface area contributed by atoms with Crippen molar-refractivity contribution >= 4 is 46.7 Å². The van der Waals surface area contributed by atoms with Crippen LogP contribution in [0.5, 0.6) is 0 Å². The van der Waals surface area contributed by atoms with Gasteiger partial charge in [0.2, 0.25) is 0 Å². The Bertz CT molecular complexity index is 876. The van der Waals surface area contributed by atoms with Gasteiger partial charge in [-0.25, -0.2) is 15.0 Å². The molecular formula is C18H25IN8. The van der Waals surface area contributed by atoms with Gasteiger partial charge in [-0.3, -0.25) is 4.68 Å². The van der Waals surface area contributed by atoms with Crippen molar-refractivity contribution in [2.45, 2.75) is 13.5 Å². The van der Waals surface area contributed by atoms with Crippen LogP contribution in [0, 0.1) is 0 Å². The number of rotatable bonds is 7. The van der Waals surface area contributed by atoms with Crippen LogP contribution in [0.4, 0.5) is 5.82 Å². The number of benzene rings is 1. The molecule has 144 valence electrons. The smallest absolute Gasteiger partial charge is 0.191 e. The quantitative estimate of drug-likeness (QED) is 0.208. The van der Waals surface area contributed by atoms with Crippen molar-refractivity contribution in [3.8, 4) is 0 Å². The van der Waals surface area contributed by atoms with E-state index < -0.39 is 0 Å². The maximum Gasteiger partial charge on any atom is 0.191 e. The van der Waals surface area contributed by atoms with Gasteiger partial charge in [-0.15, -0.1) is 24.0 Å². The van der Waals surface area contributed by atoms with Gasteiger partial charge in [0.05, 0.1) is 5.52 Å². The zero-order chi connectivity index (χ0) is 18.2. The van der Waals surface area contributed by atoms with E-state index in [0.29, 0.717) is 6.54 Å². The first-order valence-electron chi connectivity index (χ1n) is 8.71. The van der Waals surface area contributed by atoms with Crippen LogP contribution in [-0.4, -0.2) is 45.3 Å². The fourth-order valence-corrected chi connectivity index (χ4v) is 2.49. The summed E-state index contributed by atoms with van der Waals surface area (Å²) in [6.07, 6.45) is 1.53. The first-order valence-corrected chi connectivity index (χ1v) is 8.71. The Morgan fingerprint density at radius 1 is 1.11 bits per heavy atom. The molecule has 1 aromatic carbocycles. The second-order valence-electron chi connectivity index (χ2n) is 5.74. The van der Waals surface area contributed by atoms with Crippen molar-refractivity contribution in [1.29, 1.82) is 0 Å². The molecule has 0 amide bonds. The summed E-state index contributed by atoms with van der Waals surface area (Å²) < 4.78 is 1.72. The van der Waals surface area contributed by atoms with Gasteiger partial charge >= 0.3 is 0 Å². The lowest BCUT2D eigenvalue weighted by atomic mass is 10.2. The molecule has 8 nitrogen and oxygen atoms in total. The van der Waals surface area contributed by atoms with Crippen LogP contribution in [-0.2, 0) is 13.6 Å². The molecule has 0 radical (unpaired) electrons. The van der Waals surface area contributed by atoms with Gasteiger partial charge in [0.25, 0.3) is 0 Å². The van der Waals surface area contributed by atoms with Crippen molar-refractivity contribution < 1.29 is 0 Å². The van der Waals surface area contributed by atoms with Crippen LogP contribution in [0.2, 0.25) is 0 Å². The molecule has 3 N–H and O–H groups in total. The van der Waals surface area contributed by atoms with Crippen LogP contribution in [0.3, 0.4) is 0 Å². The lowest BCUT2D eigenvalue weighted by Crippen LogP contribution is -2.39. The number of nitrogens with one attached hydrogen (secondary N) is 3. The molecule has 0 saturated heterocycles. The number of hydrogen-bond acceptors (Lipinski definition) is 5. The van der Waals surface area contributed by atoms with Crippen molar-refractivity contribution in [3.05, 3.63) is 48.5 Å². The third-order valence-corrected chi connectivity index (χ3v) is 3.85. The van der Waals surface area contributed by atoms with Crippen LogP contribution in [0.1, 0.15) is 12.7 Å². The normalized spacial score (nSPS) is 11.1. The van der Waals surface area contributed by atoms with Gasteiger partial charge in [0.15, 0.2) is 5.96 Å². The van der Waals surface area contributed by atoms with E-state index in [2.05, 4.69) is 48.1 Å². The lowest BCUT2D eigenvalue weighted by molar-refractivity contribution is 0.698. The molecule has 0 aliphatic carbocycles. The van der Waals surface area contributed by atoms with Gasteiger partial charge in [-0.2, -0.15) is 5.10 Å². The summed E-state index contributed by atoms with van der Waals surface area (Å²) in [7, 11) is 1.86. The Balaban J connectivity index is 0.00000261. The molecule has 0 fully saturated rings. The number of para-hydroxylation sites is 1. The molecule has 3 rings (SSSR count). The van der Waals surface area contributed by atoms with E-state index in [1.54, 1.807) is 4.68 Å². The number of pyridine rings is 1. The van der Waals surface area contributed by atoms with Crippen LogP contribution in [0.25, 0.3) is 10.9 Å². The number of aromatic nitrogens is 4. The molecule has 0 spiro atoms. The number of anilines is 1. The molecule has 0 saturated carbocycles. The van der Waals surface area contributed by atoms with Crippen molar-refractivity contribution in [1.82, 2.24) is 30.4 Å². The maximum atomic E-state index is 4.61. The Labute approximate surface area is 175 Å². The molecule has 0 aliphatic rings. The highest BCUT2D eigenvalue weighted by Gasteiger charge is 2.02. The molecular weight excluding hydrogens is 455 g/mol. The Morgan fingerprint density at radius 2 is 1.96 bits per heavy atom. The summed E-state index contributed by atoms with van der Waals surface area (Å²) >= 11 is 0. The Morgan fingerprint density at radius 3 is 2.74 bits per heavy atom. The van der Waals surface area contributed by atoms with E-state index >= 15 is 0 Å². The zero-order valence-corrected chi connectivity index (χ0v) is 17.8. The fraction of sp³-hybridized carbons (Fsp3) is 0.333. The van der Waals surface area contributed by atoms with Crippen LogP contribution in [0.15, 0.2) is 47.7 Å². The second kappa shape index (κ2) is 10.7. The van der Waals surface area contributed by atoms with E-state index in [-0.39, 0.29) is 24.0 Å². The number of halogens is 1. The number of aryl methyl sites for hydroxylation is 1. The highest BCUT2D eigenvalue weighted by molar-refractivity contribution is 14.0. The molecule has 9 heteroatoms. The lowest BCUT2D eigenvalue weighted by Gasteiger charge is -2.12. The highest BCUT2D eigenvalue weighted by atomic mass is 127. The summed E-state index contributed by atoms with van der Waals surface area (Å²) in [6, 6.07) is 12.2. The maximum absolute atomic E-state index is 4.61. The molecule has 3 aromatic rings. The minimum atomic E-state index is 0. The SMILES string of the molecule is CCNC(=NCc1ncnn1C)NCCNc1ccc2ccccc2n1.I. The molecule has 0 atom stereocenters. The average molecular weight is 480 g/mol.